The maximum atomic E-state index is 9.79. The van der Waals surface area contributed by atoms with Crippen LogP contribution in [0.25, 0.3) is 0 Å². The van der Waals surface area contributed by atoms with Gasteiger partial charge in [-0.15, -0.1) is 0 Å². The first kappa shape index (κ1) is 7.11. The molecule has 0 amide bonds. The third-order valence-corrected chi connectivity index (χ3v) is 1.42. The summed E-state index contributed by atoms with van der Waals surface area (Å²) in [6.45, 7) is 0.931. The first-order valence-electron chi connectivity index (χ1n) is 1.65. The molecule has 0 aromatic carbocycles. The Morgan fingerprint density at radius 3 is 1.71 bits per heavy atom. The molecule has 43 valence electrons. The van der Waals surface area contributed by atoms with E-state index in [9.17, 15) is 9.67 Å². The summed E-state index contributed by atoms with van der Waals surface area (Å²) < 4.78 is 9.71. The van der Waals surface area contributed by atoms with E-state index in [0.717, 1.165) is 6.92 Å². The van der Waals surface area contributed by atoms with Crippen LogP contribution in [0.1, 0.15) is 6.92 Å². The molecule has 1 radical (unpaired) electrons. The molecule has 4 nitrogen and oxygen atoms in total. The molecule has 7 heavy (non-hydrogen) atoms. The molecule has 0 saturated carbocycles. The lowest BCUT2D eigenvalue weighted by Gasteiger charge is -2.00. The molecule has 0 bridgehead atoms. The van der Waals surface area contributed by atoms with Crippen molar-refractivity contribution in [1.82, 2.24) is 0 Å². The summed E-state index contributed by atoms with van der Waals surface area (Å²) in [5, 5.41) is 9.79. The highest BCUT2D eigenvalue weighted by molar-refractivity contribution is 7.52. The van der Waals surface area contributed by atoms with E-state index in [4.69, 9.17) is 9.79 Å². The summed E-state index contributed by atoms with van der Waals surface area (Å²) in [5.41, 5.74) is 0. The first-order chi connectivity index (χ1) is 2.94. The minimum atomic E-state index is -4.29. The van der Waals surface area contributed by atoms with E-state index >= 15 is 0 Å². The van der Waals surface area contributed by atoms with Crippen LogP contribution in [0.2, 0.25) is 0 Å². The van der Waals surface area contributed by atoms with E-state index in [2.05, 4.69) is 0 Å². The minimum absolute atomic E-state index is 0.931. The molecule has 0 saturated heterocycles. The van der Waals surface area contributed by atoms with Crippen LogP contribution in [-0.4, -0.2) is 15.6 Å². The standard InChI is InChI=1S/C2H6O4P/c1-2(3)7(4,5)6/h2H,1H3,(H2,4,5,6). The van der Waals surface area contributed by atoms with Crippen molar-refractivity contribution < 1.29 is 19.5 Å². The van der Waals surface area contributed by atoms with Crippen LogP contribution >= 0.6 is 7.60 Å². The van der Waals surface area contributed by atoms with Crippen molar-refractivity contribution in [3.8, 4) is 0 Å². The van der Waals surface area contributed by atoms with E-state index in [-0.39, 0.29) is 0 Å². The van der Waals surface area contributed by atoms with E-state index in [0.29, 0.717) is 0 Å². The van der Waals surface area contributed by atoms with Crippen LogP contribution in [0, 0.1) is 0 Å². The van der Waals surface area contributed by atoms with Crippen molar-refractivity contribution in [2.24, 2.45) is 0 Å². The van der Waals surface area contributed by atoms with Crippen molar-refractivity contribution in [2.45, 2.75) is 12.8 Å². The van der Waals surface area contributed by atoms with Gasteiger partial charge in [-0.1, -0.05) is 0 Å². The predicted molar refractivity (Wildman–Crippen MR) is 22.2 cm³/mol. The summed E-state index contributed by atoms with van der Waals surface area (Å²) in [6, 6.07) is 0. The zero-order valence-corrected chi connectivity index (χ0v) is 4.63. The summed E-state index contributed by atoms with van der Waals surface area (Å²) in [4.78, 5) is 15.8. The van der Waals surface area contributed by atoms with Crippen LogP contribution in [0.3, 0.4) is 0 Å². The Kier molecular flexibility index (Phi) is 1.95. The molecule has 1 unspecified atom stereocenters. The van der Waals surface area contributed by atoms with Crippen molar-refractivity contribution in [2.75, 3.05) is 0 Å². The molecule has 0 aliphatic heterocycles. The van der Waals surface area contributed by atoms with Gasteiger partial charge in [-0.3, -0.25) is 4.57 Å². The molecule has 0 fully saturated rings. The summed E-state index contributed by atoms with van der Waals surface area (Å²) in [6.07, 6.45) is 0. The van der Waals surface area contributed by atoms with Gasteiger partial charge in [-0.2, -0.15) is 0 Å². The predicted octanol–water partition coefficient (Wildman–Crippen LogP) is -0.0594. The fraction of sp³-hybridized carbons (Fsp3) is 1.00. The van der Waals surface area contributed by atoms with Gasteiger partial charge in [0.05, 0.1) is 0 Å². The fourth-order valence-corrected chi connectivity index (χ4v) is 0. The maximum Gasteiger partial charge on any atom is 0.357 e. The van der Waals surface area contributed by atoms with E-state index in [1.54, 1.807) is 0 Å². The lowest BCUT2D eigenvalue weighted by Crippen LogP contribution is -1.96. The van der Waals surface area contributed by atoms with E-state index in [1.165, 1.54) is 0 Å². The van der Waals surface area contributed by atoms with Crippen molar-refractivity contribution >= 4 is 7.60 Å². The zero-order valence-electron chi connectivity index (χ0n) is 3.74. The maximum absolute atomic E-state index is 9.79. The Labute approximate surface area is 40.9 Å². The summed E-state index contributed by atoms with van der Waals surface area (Å²) >= 11 is 0. The molecule has 0 aromatic rings. The number of rotatable bonds is 1. The van der Waals surface area contributed by atoms with Gasteiger partial charge in [0.1, 0.15) is 0 Å². The lowest BCUT2D eigenvalue weighted by molar-refractivity contribution is 0.140. The normalized spacial score (nSPS) is 16.6. The summed E-state index contributed by atoms with van der Waals surface area (Å²) in [7, 11) is -4.29. The molecule has 0 aromatic heterocycles. The smallest absolute Gasteiger partial charge is 0.323 e. The van der Waals surface area contributed by atoms with Gasteiger partial charge in [-0.25, -0.2) is 5.11 Å². The van der Waals surface area contributed by atoms with Gasteiger partial charge >= 0.3 is 7.60 Å². The minimum Gasteiger partial charge on any atom is -0.323 e. The molecule has 5 heteroatoms. The van der Waals surface area contributed by atoms with Crippen LogP contribution in [0.5, 0.6) is 0 Å². The second kappa shape index (κ2) is 1.92. The topological polar surface area (TPSA) is 77.4 Å². The SMILES string of the molecule is CC([O])P(=O)(O)O. The average Bonchev–Trinajstić information content (AvgIpc) is 1.31. The molecule has 1 atom stereocenters. The van der Waals surface area contributed by atoms with Crippen molar-refractivity contribution in [3.05, 3.63) is 0 Å². The van der Waals surface area contributed by atoms with E-state index in [1.807, 2.05) is 0 Å². The molecule has 0 aliphatic carbocycles. The Morgan fingerprint density at radius 2 is 1.71 bits per heavy atom. The molecule has 0 rings (SSSR count). The second-order valence-electron chi connectivity index (χ2n) is 1.19. The van der Waals surface area contributed by atoms with E-state index < -0.39 is 13.4 Å². The lowest BCUT2D eigenvalue weighted by atomic mass is 10.9. The Balaban J connectivity index is 3.80. The van der Waals surface area contributed by atoms with Gasteiger partial charge in [0.2, 0.25) is 0 Å². The van der Waals surface area contributed by atoms with Gasteiger partial charge < -0.3 is 9.79 Å². The molecular weight excluding hydrogens is 119 g/mol. The first-order valence-corrected chi connectivity index (χ1v) is 3.34. The Bertz CT molecular complexity index is 91.9. The van der Waals surface area contributed by atoms with Crippen LogP contribution < -0.4 is 0 Å². The summed E-state index contributed by atoms with van der Waals surface area (Å²) in [5.74, 6) is -1.78. The number of hydrogen-bond acceptors (Lipinski definition) is 1. The average molecular weight is 125 g/mol. The van der Waals surface area contributed by atoms with Crippen LogP contribution in [0.4, 0.5) is 0 Å². The monoisotopic (exact) mass is 125 g/mol. The Hall–Kier alpha value is 0.110. The molecular formula is C2H6O4P. The molecule has 2 N–H and O–H groups in total. The fourth-order valence-electron chi connectivity index (χ4n) is 0. The molecule has 0 spiro atoms. The highest BCUT2D eigenvalue weighted by Gasteiger charge is 2.21. The van der Waals surface area contributed by atoms with Crippen molar-refractivity contribution in [1.29, 1.82) is 0 Å². The zero-order chi connectivity index (χ0) is 6.08. The quantitative estimate of drug-likeness (QED) is 0.482. The van der Waals surface area contributed by atoms with Crippen LogP contribution in [0.15, 0.2) is 0 Å². The van der Waals surface area contributed by atoms with Crippen molar-refractivity contribution in [3.63, 3.8) is 0 Å². The van der Waals surface area contributed by atoms with Gasteiger partial charge in [0.25, 0.3) is 0 Å². The van der Waals surface area contributed by atoms with Gasteiger partial charge in [0, 0.05) is 0 Å². The largest absolute Gasteiger partial charge is 0.357 e. The van der Waals surface area contributed by atoms with Gasteiger partial charge in [-0.05, 0) is 6.92 Å². The Morgan fingerprint density at radius 1 is 1.57 bits per heavy atom. The third kappa shape index (κ3) is 2.76. The second-order valence-corrected chi connectivity index (χ2v) is 3.09. The number of hydrogen-bond donors (Lipinski definition) is 2. The third-order valence-electron chi connectivity index (χ3n) is 0.474. The van der Waals surface area contributed by atoms with Gasteiger partial charge in [0.15, 0.2) is 5.85 Å². The molecule has 0 heterocycles. The van der Waals surface area contributed by atoms with Crippen LogP contribution in [-0.2, 0) is 9.67 Å². The molecule has 0 aliphatic rings. The highest BCUT2D eigenvalue weighted by atomic mass is 31.2. The highest BCUT2D eigenvalue weighted by Crippen LogP contribution is 2.39.